The van der Waals surface area contributed by atoms with E-state index in [0.717, 1.165) is 22.5 Å². The van der Waals surface area contributed by atoms with Crippen LogP contribution >= 0.6 is 37.2 Å². The number of hydrogen-bond donors (Lipinski definition) is 2. The summed E-state index contributed by atoms with van der Waals surface area (Å²) in [6.07, 6.45) is 0. The monoisotopic (exact) mass is 292 g/mol. The number of rotatable bonds is 1. The molecule has 0 saturated carbocycles. The van der Waals surface area contributed by atoms with Crippen molar-refractivity contribution >= 4 is 48.6 Å². The van der Waals surface area contributed by atoms with Gasteiger partial charge in [0.1, 0.15) is 0 Å². The summed E-state index contributed by atoms with van der Waals surface area (Å²) in [5.74, 6) is 0. The van der Waals surface area contributed by atoms with Crippen LogP contribution in [0.25, 0.3) is 11.1 Å². The zero-order valence-corrected chi connectivity index (χ0v) is 11.4. The zero-order chi connectivity index (χ0) is 9.97. The normalized spacial score (nSPS) is 8.24. The molecule has 17 heavy (non-hydrogen) atoms. The zero-order valence-electron chi connectivity index (χ0n) is 9.00. The molecule has 0 saturated heterocycles. The molecule has 2 nitrogen and oxygen atoms in total. The first-order valence-electron chi connectivity index (χ1n) is 4.47. The predicted molar refractivity (Wildman–Crippen MR) is 82.4 cm³/mol. The largest absolute Gasteiger partial charge is 0.399 e. The minimum Gasteiger partial charge on any atom is -0.399 e. The van der Waals surface area contributed by atoms with Gasteiger partial charge < -0.3 is 11.5 Å². The Balaban J connectivity index is 0. The minimum atomic E-state index is 0. The quantitative estimate of drug-likeness (QED) is 0.786. The van der Waals surface area contributed by atoms with Crippen molar-refractivity contribution in [2.75, 3.05) is 11.5 Å². The van der Waals surface area contributed by atoms with Crippen molar-refractivity contribution in [3.8, 4) is 11.1 Å². The summed E-state index contributed by atoms with van der Waals surface area (Å²) in [5.41, 5.74) is 15.1. The topological polar surface area (TPSA) is 52.0 Å². The Bertz CT molecular complexity index is 383. The Labute approximate surface area is 120 Å². The fraction of sp³-hybridized carbons (Fsp3) is 0. The van der Waals surface area contributed by atoms with Crippen LogP contribution in [0.3, 0.4) is 0 Å². The number of nitrogens with two attached hydrogens (primary N) is 2. The molecule has 2 aromatic rings. The molecule has 0 aliphatic carbocycles. The van der Waals surface area contributed by atoms with Crippen LogP contribution in [0.1, 0.15) is 0 Å². The van der Waals surface area contributed by atoms with Crippen LogP contribution in [0.15, 0.2) is 48.5 Å². The fourth-order valence-electron chi connectivity index (χ4n) is 1.35. The van der Waals surface area contributed by atoms with E-state index >= 15 is 0 Å². The van der Waals surface area contributed by atoms with Crippen molar-refractivity contribution in [2.45, 2.75) is 0 Å². The summed E-state index contributed by atoms with van der Waals surface area (Å²) in [6.45, 7) is 0. The van der Waals surface area contributed by atoms with Gasteiger partial charge in [0.15, 0.2) is 0 Å². The Morgan fingerprint density at radius 3 is 0.941 bits per heavy atom. The van der Waals surface area contributed by atoms with Gasteiger partial charge in [-0.25, -0.2) is 0 Å². The maximum absolute atomic E-state index is 5.61. The molecule has 0 unspecified atom stereocenters. The highest BCUT2D eigenvalue weighted by Crippen LogP contribution is 2.21. The van der Waals surface area contributed by atoms with Crippen molar-refractivity contribution in [1.82, 2.24) is 0 Å². The number of halogens is 3. The molecular weight excluding hydrogens is 279 g/mol. The van der Waals surface area contributed by atoms with Gasteiger partial charge >= 0.3 is 0 Å². The lowest BCUT2D eigenvalue weighted by atomic mass is 10.1. The molecule has 94 valence electrons. The molecule has 5 heteroatoms. The lowest BCUT2D eigenvalue weighted by Gasteiger charge is -2.02. The average Bonchev–Trinajstić information content (AvgIpc) is 2.21. The van der Waals surface area contributed by atoms with Gasteiger partial charge in [0.25, 0.3) is 0 Å². The van der Waals surface area contributed by atoms with Crippen molar-refractivity contribution in [3.63, 3.8) is 0 Å². The molecule has 2 aromatic carbocycles. The third-order valence-electron chi connectivity index (χ3n) is 2.15. The van der Waals surface area contributed by atoms with Crippen molar-refractivity contribution in [3.05, 3.63) is 48.5 Å². The van der Waals surface area contributed by atoms with Gasteiger partial charge in [-0.3, -0.25) is 0 Å². The molecule has 4 N–H and O–H groups in total. The van der Waals surface area contributed by atoms with Gasteiger partial charge in [-0.05, 0) is 35.4 Å². The summed E-state index contributed by atoms with van der Waals surface area (Å²) in [4.78, 5) is 0. The SMILES string of the molecule is Cl.Cl.Cl.Nc1ccc(-c2ccc(N)cc2)cc1. The maximum Gasteiger partial charge on any atom is 0.0314 e. The summed E-state index contributed by atoms with van der Waals surface area (Å²) >= 11 is 0. The second kappa shape index (κ2) is 8.07. The van der Waals surface area contributed by atoms with Crippen LogP contribution in [0.2, 0.25) is 0 Å². The van der Waals surface area contributed by atoms with Crippen LogP contribution in [0.4, 0.5) is 11.4 Å². The number of anilines is 2. The predicted octanol–water partition coefficient (Wildman–Crippen LogP) is 3.78. The Kier molecular flexibility index (Phi) is 8.68. The van der Waals surface area contributed by atoms with E-state index in [9.17, 15) is 0 Å². The Morgan fingerprint density at radius 2 is 0.706 bits per heavy atom. The Morgan fingerprint density at radius 1 is 0.471 bits per heavy atom. The van der Waals surface area contributed by atoms with Gasteiger partial charge in [-0.2, -0.15) is 0 Å². The molecule has 0 radical (unpaired) electrons. The molecule has 0 heterocycles. The highest BCUT2D eigenvalue weighted by Gasteiger charge is 1.95. The van der Waals surface area contributed by atoms with Crippen molar-refractivity contribution in [1.29, 1.82) is 0 Å². The van der Waals surface area contributed by atoms with Crippen LogP contribution < -0.4 is 11.5 Å². The van der Waals surface area contributed by atoms with Crippen molar-refractivity contribution < 1.29 is 0 Å². The standard InChI is InChI=1S/C12H12N2.3ClH/c13-11-5-1-9(2-6-11)10-3-7-12(14)8-4-10;;;/h1-8H,13-14H2;3*1H. The van der Waals surface area contributed by atoms with Gasteiger partial charge in [0.2, 0.25) is 0 Å². The van der Waals surface area contributed by atoms with Gasteiger partial charge in [0.05, 0.1) is 0 Å². The lowest BCUT2D eigenvalue weighted by molar-refractivity contribution is 1.61. The highest BCUT2D eigenvalue weighted by molar-refractivity contribution is 5.86. The van der Waals surface area contributed by atoms with Crippen molar-refractivity contribution in [2.24, 2.45) is 0 Å². The third-order valence-corrected chi connectivity index (χ3v) is 2.15. The summed E-state index contributed by atoms with van der Waals surface area (Å²) in [6, 6.07) is 15.6. The van der Waals surface area contributed by atoms with E-state index in [1.807, 2.05) is 48.5 Å². The number of benzene rings is 2. The number of hydrogen-bond acceptors (Lipinski definition) is 2. The van der Waals surface area contributed by atoms with E-state index in [1.54, 1.807) is 0 Å². The number of nitrogen functional groups attached to an aromatic ring is 2. The van der Waals surface area contributed by atoms with E-state index in [4.69, 9.17) is 11.5 Å². The molecule has 0 aromatic heterocycles. The first-order chi connectivity index (χ1) is 6.75. The Hall–Kier alpha value is -1.09. The molecule has 0 amide bonds. The van der Waals surface area contributed by atoms with Crippen LogP contribution in [-0.4, -0.2) is 0 Å². The van der Waals surface area contributed by atoms with E-state index in [1.165, 1.54) is 0 Å². The van der Waals surface area contributed by atoms with Gasteiger partial charge in [-0.15, -0.1) is 37.2 Å². The molecular formula is C12H15Cl3N2. The third kappa shape index (κ3) is 4.73. The van der Waals surface area contributed by atoms with E-state index < -0.39 is 0 Å². The first kappa shape index (κ1) is 18.3. The molecule has 0 aliphatic rings. The van der Waals surface area contributed by atoms with Crippen LogP contribution in [0.5, 0.6) is 0 Å². The highest BCUT2D eigenvalue weighted by atomic mass is 35.5. The first-order valence-corrected chi connectivity index (χ1v) is 4.47. The summed E-state index contributed by atoms with van der Waals surface area (Å²) < 4.78 is 0. The fourth-order valence-corrected chi connectivity index (χ4v) is 1.35. The van der Waals surface area contributed by atoms with Crippen LogP contribution in [-0.2, 0) is 0 Å². The van der Waals surface area contributed by atoms with E-state index in [0.29, 0.717) is 0 Å². The van der Waals surface area contributed by atoms with Gasteiger partial charge in [-0.1, -0.05) is 24.3 Å². The van der Waals surface area contributed by atoms with Gasteiger partial charge in [0, 0.05) is 11.4 Å². The second-order valence-electron chi connectivity index (χ2n) is 3.24. The van der Waals surface area contributed by atoms with E-state index in [-0.39, 0.29) is 37.2 Å². The molecule has 0 bridgehead atoms. The van der Waals surface area contributed by atoms with Crippen LogP contribution in [0, 0.1) is 0 Å². The summed E-state index contributed by atoms with van der Waals surface area (Å²) in [5, 5.41) is 0. The average molecular weight is 294 g/mol. The summed E-state index contributed by atoms with van der Waals surface area (Å²) in [7, 11) is 0. The molecule has 0 atom stereocenters. The molecule has 2 rings (SSSR count). The molecule has 0 spiro atoms. The minimum absolute atomic E-state index is 0. The van der Waals surface area contributed by atoms with E-state index in [2.05, 4.69) is 0 Å². The molecule has 0 aliphatic heterocycles. The smallest absolute Gasteiger partial charge is 0.0314 e. The molecule has 0 fully saturated rings. The lowest BCUT2D eigenvalue weighted by Crippen LogP contribution is -1.85. The maximum atomic E-state index is 5.61. The second-order valence-corrected chi connectivity index (χ2v) is 3.24.